The van der Waals surface area contributed by atoms with Crippen LogP contribution in [0.25, 0.3) is 0 Å². The smallest absolute Gasteiger partial charge is 0.394 e. The van der Waals surface area contributed by atoms with Crippen molar-refractivity contribution >= 4 is 5.91 Å². The highest BCUT2D eigenvalue weighted by atomic mass is 19.4. The topological polar surface area (TPSA) is 85.3 Å². The summed E-state index contributed by atoms with van der Waals surface area (Å²) >= 11 is 0. The summed E-state index contributed by atoms with van der Waals surface area (Å²) in [5.74, 6) is -0.526. The van der Waals surface area contributed by atoms with E-state index < -0.39 is 36.0 Å². The molecule has 7 nitrogen and oxygen atoms in total. The summed E-state index contributed by atoms with van der Waals surface area (Å²) in [7, 11) is 2.01. The van der Waals surface area contributed by atoms with Crippen molar-refractivity contribution in [2.24, 2.45) is 0 Å². The highest BCUT2D eigenvalue weighted by Gasteiger charge is 2.46. The van der Waals surface area contributed by atoms with Crippen LogP contribution in [0.2, 0.25) is 0 Å². The first kappa shape index (κ1) is 22.0. The highest BCUT2D eigenvalue weighted by Crippen LogP contribution is 2.29. The summed E-state index contributed by atoms with van der Waals surface area (Å²) in [5.41, 5.74) is -0.719. The average molecular weight is 417 g/mol. The number of nitrogens with zero attached hydrogens (tertiary/aromatic N) is 2. The van der Waals surface area contributed by atoms with Crippen LogP contribution in [0.4, 0.5) is 13.2 Å². The van der Waals surface area contributed by atoms with Gasteiger partial charge in [0.15, 0.2) is 0 Å². The van der Waals surface area contributed by atoms with Crippen LogP contribution in [0.5, 0.6) is 0 Å². The number of ether oxygens (including phenoxy) is 1. The molecule has 0 bridgehead atoms. The van der Waals surface area contributed by atoms with Crippen molar-refractivity contribution in [1.82, 2.24) is 15.1 Å². The van der Waals surface area contributed by atoms with Crippen molar-refractivity contribution in [2.75, 3.05) is 46.4 Å². The molecule has 2 aliphatic heterocycles. The lowest BCUT2D eigenvalue weighted by molar-refractivity contribution is -0.137. The monoisotopic (exact) mass is 417 g/mol. The molecule has 4 atom stereocenters. The number of hydrogen-bond acceptors (Lipinski definition) is 6. The maximum Gasteiger partial charge on any atom is 0.416 e. The fraction of sp³-hybridized carbons (Fsp3) is 0.632. The number of amides is 1. The van der Waals surface area contributed by atoms with Gasteiger partial charge >= 0.3 is 6.18 Å². The number of aliphatic hydroxyl groups is 2. The lowest BCUT2D eigenvalue weighted by Gasteiger charge is -2.39. The van der Waals surface area contributed by atoms with Crippen molar-refractivity contribution in [1.29, 1.82) is 0 Å². The molecule has 0 aliphatic carbocycles. The van der Waals surface area contributed by atoms with Gasteiger partial charge in [0.05, 0.1) is 24.3 Å². The predicted molar refractivity (Wildman–Crippen MR) is 98.4 cm³/mol. The van der Waals surface area contributed by atoms with Crippen molar-refractivity contribution in [3.63, 3.8) is 0 Å². The number of alkyl halides is 3. The fourth-order valence-corrected chi connectivity index (χ4v) is 3.82. The molecular formula is C19H26F3N3O4. The molecule has 162 valence electrons. The lowest BCUT2D eigenvalue weighted by Crippen LogP contribution is -2.56. The zero-order valence-corrected chi connectivity index (χ0v) is 16.1. The fourth-order valence-electron chi connectivity index (χ4n) is 3.82. The summed E-state index contributed by atoms with van der Waals surface area (Å²) in [6.45, 7) is 2.85. The number of likely N-dealkylation sites (N-methyl/N-ethyl adjacent to an activating group) is 1. The third kappa shape index (κ3) is 5.07. The van der Waals surface area contributed by atoms with Crippen LogP contribution >= 0.6 is 0 Å². The first-order valence-electron chi connectivity index (χ1n) is 9.53. The number of rotatable bonds is 5. The molecule has 0 spiro atoms. The second-order valence-corrected chi connectivity index (χ2v) is 7.50. The quantitative estimate of drug-likeness (QED) is 0.634. The van der Waals surface area contributed by atoms with E-state index in [-0.39, 0.29) is 24.8 Å². The van der Waals surface area contributed by atoms with E-state index in [1.54, 1.807) is 0 Å². The molecule has 0 saturated carbocycles. The van der Waals surface area contributed by atoms with Gasteiger partial charge in [0.1, 0.15) is 12.2 Å². The standard InChI is InChI=1S/C19H26F3N3O4/c1-24-6-8-25(9-7-24)16-14(29-15(11-26)17(16)27)10-23-18(28)12-2-4-13(5-3-12)19(20,21)22/h2-5,14-17,26-27H,6-11H2,1H3,(H,23,28)/t14-,15+,16+,17-/m1/s1. The number of aliphatic hydroxyl groups excluding tert-OH is 2. The molecule has 2 aliphatic rings. The van der Waals surface area contributed by atoms with Crippen molar-refractivity contribution in [3.8, 4) is 0 Å². The second kappa shape index (κ2) is 8.97. The van der Waals surface area contributed by atoms with Gasteiger partial charge in [0.25, 0.3) is 5.91 Å². The third-order valence-corrected chi connectivity index (χ3v) is 5.54. The van der Waals surface area contributed by atoms with Gasteiger partial charge in [-0.05, 0) is 31.3 Å². The Morgan fingerprint density at radius 1 is 1.17 bits per heavy atom. The van der Waals surface area contributed by atoms with Gasteiger partial charge in [-0.3, -0.25) is 9.69 Å². The number of nitrogens with one attached hydrogen (secondary N) is 1. The molecule has 2 heterocycles. The van der Waals surface area contributed by atoms with E-state index in [4.69, 9.17) is 4.74 Å². The molecule has 1 aromatic rings. The van der Waals surface area contributed by atoms with Gasteiger partial charge in [-0.2, -0.15) is 13.2 Å². The lowest BCUT2D eigenvalue weighted by atomic mass is 10.0. The molecular weight excluding hydrogens is 391 g/mol. The molecule has 29 heavy (non-hydrogen) atoms. The van der Waals surface area contributed by atoms with Gasteiger partial charge in [0.2, 0.25) is 0 Å². The SMILES string of the molecule is CN1CCN([C@@H]2[C@H](O)[C@H](CO)O[C@@H]2CNC(=O)c2ccc(C(F)(F)F)cc2)CC1. The minimum atomic E-state index is -4.46. The van der Waals surface area contributed by atoms with Crippen LogP contribution in [0, 0.1) is 0 Å². The Bertz CT molecular complexity index is 693. The normalized spacial score (nSPS) is 29.2. The van der Waals surface area contributed by atoms with Crippen LogP contribution in [-0.2, 0) is 10.9 Å². The molecule has 3 N–H and O–H groups in total. The van der Waals surface area contributed by atoms with Crippen LogP contribution in [0.15, 0.2) is 24.3 Å². The zero-order valence-electron chi connectivity index (χ0n) is 16.1. The van der Waals surface area contributed by atoms with Crippen LogP contribution in [-0.4, -0.2) is 96.7 Å². The molecule has 2 fully saturated rings. The Kier molecular flexibility index (Phi) is 6.79. The Balaban J connectivity index is 1.63. The van der Waals surface area contributed by atoms with E-state index >= 15 is 0 Å². The van der Waals surface area contributed by atoms with Gasteiger partial charge in [-0.15, -0.1) is 0 Å². The van der Waals surface area contributed by atoms with Gasteiger partial charge < -0.3 is 25.2 Å². The number of halogens is 3. The highest BCUT2D eigenvalue weighted by molar-refractivity contribution is 5.94. The van der Waals surface area contributed by atoms with E-state index in [2.05, 4.69) is 15.1 Å². The van der Waals surface area contributed by atoms with Crippen molar-refractivity contribution in [3.05, 3.63) is 35.4 Å². The summed E-state index contributed by atoms with van der Waals surface area (Å²) in [4.78, 5) is 16.6. The number of carbonyl (C=O) groups excluding carboxylic acids is 1. The Morgan fingerprint density at radius 2 is 1.79 bits per heavy atom. The molecule has 0 radical (unpaired) electrons. The Labute approximate surface area is 167 Å². The van der Waals surface area contributed by atoms with Crippen molar-refractivity contribution in [2.45, 2.75) is 30.5 Å². The summed E-state index contributed by atoms with van der Waals surface area (Å²) < 4.78 is 43.7. The van der Waals surface area contributed by atoms with Crippen LogP contribution < -0.4 is 5.32 Å². The van der Waals surface area contributed by atoms with E-state index in [0.29, 0.717) is 0 Å². The zero-order chi connectivity index (χ0) is 21.2. The number of hydrogen-bond donors (Lipinski definition) is 3. The van der Waals surface area contributed by atoms with Crippen LogP contribution in [0.3, 0.4) is 0 Å². The average Bonchev–Trinajstić information content (AvgIpc) is 3.01. The Hall–Kier alpha value is -1.72. The summed E-state index contributed by atoms with van der Waals surface area (Å²) in [6.07, 6.45) is -6.63. The molecule has 1 aromatic carbocycles. The van der Waals surface area contributed by atoms with E-state index in [1.807, 2.05) is 7.05 Å². The van der Waals surface area contributed by atoms with Gasteiger partial charge in [0, 0.05) is 38.3 Å². The molecule has 0 aromatic heterocycles. The predicted octanol–water partition coefficient (Wildman–Crippen LogP) is 0.172. The molecule has 10 heteroatoms. The van der Waals surface area contributed by atoms with Crippen molar-refractivity contribution < 1.29 is 32.9 Å². The molecule has 0 unspecified atom stereocenters. The minimum absolute atomic E-state index is 0.0738. The van der Waals surface area contributed by atoms with E-state index in [0.717, 1.165) is 50.4 Å². The first-order valence-corrected chi connectivity index (χ1v) is 9.53. The van der Waals surface area contributed by atoms with Gasteiger partial charge in [-0.1, -0.05) is 0 Å². The number of piperazine rings is 1. The van der Waals surface area contributed by atoms with Gasteiger partial charge in [-0.25, -0.2) is 0 Å². The van der Waals surface area contributed by atoms with Crippen LogP contribution in [0.1, 0.15) is 15.9 Å². The number of carbonyl (C=O) groups is 1. The largest absolute Gasteiger partial charge is 0.416 e. The molecule has 2 saturated heterocycles. The second-order valence-electron chi connectivity index (χ2n) is 7.50. The number of benzene rings is 1. The first-order chi connectivity index (χ1) is 13.7. The third-order valence-electron chi connectivity index (χ3n) is 5.54. The summed E-state index contributed by atoms with van der Waals surface area (Å²) in [6, 6.07) is 3.58. The van der Waals surface area contributed by atoms with E-state index in [9.17, 15) is 28.2 Å². The molecule has 1 amide bonds. The maximum absolute atomic E-state index is 12.7. The summed E-state index contributed by atoms with van der Waals surface area (Å²) in [5, 5.41) is 22.7. The molecule has 3 rings (SSSR count). The Morgan fingerprint density at radius 3 is 2.34 bits per heavy atom. The maximum atomic E-state index is 12.7. The minimum Gasteiger partial charge on any atom is -0.394 e. The van der Waals surface area contributed by atoms with E-state index in [1.165, 1.54) is 0 Å².